The average Bonchev–Trinajstić information content (AvgIpc) is 3.39. The van der Waals surface area contributed by atoms with Crippen LogP contribution in [0.5, 0.6) is 0 Å². The fourth-order valence-electron chi connectivity index (χ4n) is 5.63. The lowest BCUT2D eigenvalue weighted by atomic mass is 9.71. The number of urea groups is 1. The zero-order chi connectivity index (χ0) is 19.4. The average molecular weight is 390 g/mol. The first-order valence-electron chi connectivity index (χ1n) is 11.0. The number of benzene rings is 1. The summed E-state index contributed by atoms with van der Waals surface area (Å²) in [5.74, 6) is 0. The SMILES string of the molecule is O=C(NC1CCCCC1)N1Cc2[nH]nc(-c3cc4ccccc4[nH]3)c2C12CCC2. The van der Waals surface area contributed by atoms with Gasteiger partial charge in [0.05, 0.1) is 23.5 Å². The molecule has 3 aliphatic rings. The van der Waals surface area contributed by atoms with E-state index in [0.29, 0.717) is 12.6 Å². The maximum Gasteiger partial charge on any atom is 0.318 e. The highest BCUT2D eigenvalue weighted by Gasteiger charge is 2.54. The van der Waals surface area contributed by atoms with Gasteiger partial charge in [-0.2, -0.15) is 5.10 Å². The van der Waals surface area contributed by atoms with Crippen molar-refractivity contribution in [2.24, 2.45) is 0 Å². The number of aromatic nitrogens is 3. The van der Waals surface area contributed by atoms with E-state index in [-0.39, 0.29) is 11.6 Å². The van der Waals surface area contributed by atoms with Crippen molar-refractivity contribution >= 4 is 16.9 Å². The number of para-hydroxylation sites is 1. The maximum absolute atomic E-state index is 13.2. The van der Waals surface area contributed by atoms with Crippen molar-refractivity contribution in [2.75, 3.05) is 0 Å². The van der Waals surface area contributed by atoms with Crippen LogP contribution in [0.1, 0.15) is 62.6 Å². The minimum atomic E-state index is -0.201. The van der Waals surface area contributed by atoms with Gasteiger partial charge in [0.15, 0.2) is 0 Å². The van der Waals surface area contributed by atoms with Gasteiger partial charge >= 0.3 is 6.03 Å². The van der Waals surface area contributed by atoms with Crippen molar-refractivity contribution in [2.45, 2.75) is 69.5 Å². The number of nitrogens with zero attached hydrogens (tertiary/aromatic N) is 2. The summed E-state index contributed by atoms with van der Waals surface area (Å²) in [6.07, 6.45) is 9.16. The highest BCUT2D eigenvalue weighted by Crippen LogP contribution is 2.54. The summed E-state index contributed by atoms with van der Waals surface area (Å²) < 4.78 is 0. The molecular formula is C23H27N5O. The number of rotatable bonds is 2. The Morgan fingerprint density at radius 2 is 1.97 bits per heavy atom. The lowest BCUT2D eigenvalue weighted by molar-refractivity contribution is 0.0537. The quantitative estimate of drug-likeness (QED) is 0.589. The molecule has 1 aromatic carbocycles. The summed E-state index contributed by atoms with van der Waals surface area (Å²) in [5.41, 5.74) is 5.25. The second kappa shape index (κ2) is 6.37. The van der Waals surface area contributed by atoms with Gasteiger partial charge in [0.2, 0.25) is 0 Å². The van der Waals surface area contributed by atoms with Gasteiger partial charge in [-0.15, -0.1) is 0 Å². The molecule has 2 fully saturated rings. The van der Waals surface area contributed by atoms with E-state index in [1.165, 1.54) is 30.2 Å². The van der Waals surface area contributed by atoms with Crippen molar-refractivity contribution in [3.8, 4) is 11.4 Å². The van der Waals surface area contributed by atoms with Gasteiger partial charge in [0.1, 0.15) is 5.69 Å². The summed E-state index contributed by atoms with van der Waals surface area (Å²) in [4.78, 5) is 18.9. The van der Waals surface area contributed by atoms with Crippen molar-refractivity contribution in [3.63, 3.8) is 0 Å². The first-order valence-corrected chi connectivity index (χ1v) is 11.0. The molecule has 3 heterocycles. The van der Waals surface area contributed by atoms with Crippen molar-refractivity contribution in [3.05, 3.63) is 41.6 Å². The van der Waals surface area contributed by atoms with E-state index in [1.807, 2.05) is 6.07 Å². The second-order valence-corrected chi connectivity index (χ2v) is 8.95. The predicted molar refractivity (Wildman–Crippen MR) is 112 cm³/mol. The van der Waals surface area contributed by atoms with E-state index in [2.05, 4.69) is 49.7 Å². The van der Waals surface area contributed by atoms with Crippen LogP contribution in [0.25, 0.3) is 22.3 Å². The minimum Gasteiger partial charge on any atom is -0.353 e. The summed E-state index contributed by atoms with van der Waals surface area (Å²) in [6, 6.07) is 10.9. The lowest BCUT2D eigenvalue weighted by Gasteiger charge is -2.46. The van der Waals surface area contributed by atoms with E-state index in [4.69, 9.17) is 0 Å². The normalized spacial score (nSPS) is 20.8. The molecule has 0 unspecified atom stereocenters. The molecule has 6 rings (SSSR count). The summed E-state index contributed by atoms with van der Waals surface area (Å²) in [6.45, 7) is 0.626. The monoisotopic (exact) mass is 389 g/mol. The molecule has 6 nitrogen and oxygen atoms in total. The molecule has 2 aromatic heterocycles. The number of nitrogens with one attached hydrogen (secondary N) is 3. The van der Waals surface area contributed by atoms with Crippen LogP contribution in [0.2, 0.25) is 0 Å². The lowest BCUT2D eigenvalue weighted by Crippen LogP contribution is -2.54. The Balaban J connectivity index is 1.34. The topological polar surface area (TPSA) is 76.8 Å². The summed E-state index contributed by atoms with van der Waals surface area (Å²) >= 11 is 0. The highest BCUT2D eigenvalue weighted by molar-refractivity contribution is 5.86. The standard InChI is InChI=1S/C23H27N5O/c29-22(24-16-8-2-1-3-9-16)28-14-19-20(23(28)11-6-12-23)21(27-26-19)18-13-15-7-4-5-10-17(15)25-18/h4-5,7,10,13,16,25H,1-3,6,8-9,11-12,14H2,(H,24,29)(H,26,27). The summed E-state index contributed by atoms with van der Waals surface area (Å²) in [7, 11) is 0. The third-order valence-electron chi connectivity index (χ3n) is 7.28. The molecule has 3 aromatic rings. The Bertz CT molecular complexity index is 1040. The van der Waals surface area contributed by atoms with Crippen LogP contribution >= 0.6 is 0 Å². The van der Waals surface area contributed by atoms with Gasteiger partial charge in [-0.25, -0.2) is 4.79 Å². The molecule has 3 N–H and O–H groups in total. The molecule has 0 saturated heterocycles. The van der Waals surface area contributed by atoms with E-state index < -0.39 is 0 Å². The zero-order valence-corrected chi connectivity index (χ0v) is 16.6. The number of amides is 2. The van der Waals surface area contributed by atoms with Crippen LogP contribution in [0, 0.1) is 0 Å². The van der Waals surface area contributed by atoms with Crippen LogP contribution in [0.3, 0.4) is 0 Å². The van der Waals surface area contributed by atoms with Crippen LogP contribution in [-0.2, 0) is 12.1 Å². The van der Waals surface area contributed by atoms with E-state index >= 15 is 0 Å². The molecule has 0 radical (unpaired) electrons. The number of aromatic amines is 2. The molecule has 6 heteroatoms. The van der Waals surface area contributed by atoms with Crippen molar-refractivity contribution < 1.29 is 4.79 Å². The number of hydrogen-bond acceptors (Lipinski definition) is 2. The van der Waals surface area contributed by atoms with Gasteiger partial charge in [-0.3, -0.25) is 5.10 Å². The molecule has 2 saturated carbocycles. The minimum absolute atomic E-state index is 0.101. The number of carbonyl (C=O) groups is 1. The van der Waals surface area contributed by atoms with Crippen molar-refractivity contribution in [1.29, 1.82) is 0 Å². The Morgan fingerprint density at radius 1 is 1.14 bits per heavy atom. The first-order chi connectivity index (χ1) is 14.2. The van der Waals surface area contributed by atoms with Crippen LogP contribution in [0.4, 0.5) is 4.79 Å². The zero-order valence-electron chi connectivity index (χ0n) is 16.6. The molecule has 150 valence electrons. The summed E-state index contributed by atoms with van der Waals surface area (Å²) in [5, 5.41) is 12.4. The maximum atomic E-state index is 13.2. The Hall–Kier alpha value is -2.76. The van der Waals surface area contributed by atoms with Gasteiger partial charge in [-0.05, 0) is 44.2 Å². The fourth-order valence-corrected chi connectivity index (χ4v) is 5.63. The Labute approximate surface area is 170 Å². The molecule has 2 amide bonds. The third kappa shape index (κ3) is 2.54. The van der Waals surface area contributed by atoms with E-state index in [1.54, 1.807) is 0 Å². The molecular weight excluding hydrogens is 362 g/mol. The highest BCUT2D eigenvalue weighted by atomic mass is 16.2. The fraction of sp³-hybridized carbons (Fsp3) is 0.478. The van der Waals surface area contributed by atoms with Crippen LogP contribution < -0.4 is 5.32 Å². The van der Waals surface area contributed by atoms with E-state index in [0.717, 1.165) is 54.7 Å². The van der Waals surface area contributed by atoms with Crippen molar-refractivity contribution in [1.82, 2.24) is 25.4 Å². The number of H-pyrrole nitrogens is 2. The van der Waals surface area contributed by atoms with E-state index in [9.17, 15) is 4.79 Å². The first kappa shape index (κ1) is 17.1. The molecule has 1 spiro atoms. The van der Waals surface area contributed by atoms with Crippen LogP contribution in [0.15, 0.2) is 30.3 Å². The predicted octanol–water partition coefficient (Wildman–Crippen LogP) is 4.80. The van der Waals surface area contributed by atoms with Gasteiger partial charge in [-0.1, -0.05) is 37.5 Å². The van der Waals surface area contributed by atoms with Gasteiger partial charge in [0, 0.05) is 22.5 Å². The molecule has 2 aliphatic carbocycles. The molecule has 0 bridgehead atoms. The van der Waals surface area contributed by atoms with Crippen LogP contribution in [-0.4, -0.2) is 32.2 Å². The number of carbonyl (C=O) groups excluding carboxylic acids is 1. The second-order valence-electron chi connectivity index (χ2n) is 8.95. The Kier molecular flexibility index (Phi) is 3.76. The smallest absolute Gasteiger partial charge is 0.318 e. The molecule has 29 heavy (non-hydrogen) atoms. The number of hydrogen-bond donors (Lipinski definition) is 3. The van der Waals surface area contributed by atoms with Gasteiger partial charge in [0.25, 0.3) is 0 Å². The Morgan fingerprint density at radius 3 is 2.72 bits per heavy atom. The van der Waals surface area contributed by atoms with Gasteiger partial charge < -0.3 is 15.2 Å². The molecule has 1 aliphatic heterocycles. The number of fused-ring (bicyclic) bond motifs is 3. The third-order valence-corrected chi connectivity index (χ3v) is 7.28. The molecule has 0 atom stereocenters. The largest absolute Gasteiger partial charge is 0.353 e.